The van der Waals surface area contributed by atoms with Gasteiger partial charge in [0, 0.05) is 13.0 Å². The molecule has 4 heteroatoms. The van der Waals surface area contributed by atoms with Crippen LogP contribution in [0.5, 0.6) is 0 Å². The number of fused-ring (bicyclic) bond motifs is 1. The van der Waals surface area contributed by atoms with Crippen LogP contribution in [0.4, 0.5) is 0 Å². The van der Waals surface area contributed by atoms with Crippen LogP contribution in [0, 0.1) is 5.92 Å². The molecule has 1 amide bonds. The Kier molecular flexibility index (Phi) is 4.69. The minimum Gasteiger partial charge on any atom is -0.480 e. The number of carbonyl (C=O) groups is 2. The van der Waals surface area contributed by atoms with E-state index in [9.17, 15) is 14.7 Å². The fourth-order valence-electron chi connectivity index (χ4n) is 4.07. The summed E-state index contributed by atoms with van der Waals surface area (Å²) >= 11 is 0. The average Bonchev–Trinajstić information content (AvgIpc) is 2.55. The quantitative estimate of drug-likeness (QED) is 0.932. The van der Waals surface area contributed by atoms with Gasteiger partial charge in [0.05, 0.1) is 0 Å². The van der Waals surface area contributed by atoms with E-state index in [1.165, 1.54) is 11.1 Å². The molecule has 1 aliphatic heterocycles. The Morgan fingerprint density at radius 1 is 1.26 bits per heavy atom. The Bertz CT molecular complexity index is 598. The second-order valence-corrected chi connectivity index (χ2v) is 7.06. The first kappa shape index (κ1) is 16.0. The molecule has 0 bridgehead atoms. The standard InChI is InChI=1S/C19H25NO3/c1-13-9-10-20(17(11-13)19(22)23)18(21)12-15-7-4-6-14-5-2-3-8-16(14)15/h2-3,5,8,13,15,17H,4,6-7,9-12H2,1H3,(H,22,23). The maximum Gasteiger partial charge on any atom is 0.326 e. The highest BCUT2D eigenvalue weighted by atomic mass is 16.4. The van der Waals surface area contributed by atoms with E-state index in [-0.39, 0.29) is 11.8 Å². The third-order valence-corrected chi connectivity index (χ3v) is 5.38. The van der Waals surface area contributed by atoms with Gasteiger partial charge in [-0.1, -0.05) is 31.2 Å². The molecular weight excluding hydrogens is 290 g/mol. The summed E-state index contributed by atoms with van der Waals surface area (Å²) in [5.74, 6) is -0.253. The molecular formula is C19H25NO3. The first-order valence-corrected chi connectivity index (χ1v) is 8.66. The van der Waals surface area contributed by atoms with Crippen LogP contribution in [0.25, 0.3) is 0 Å². The number of carboxylic acid groups (broad SMARTS) is 1. The molecule has 3 atom stereocenters. The highest BCUT2D eigenvalue weighted by molar-refractivity contribution is 5.84. The van der Waals surface area contributed by atoms with Crippen LogP contribution in [0.2, 0.25) is 0 Å². The van der Waals surface area contributed by atoms with Gasteiger partial charge in [0.15, 0.2) is 0 Å². The van der Waals surface area contributed by atoms with Gasteiger partial charge in [-0.2, -0.15) is 0 Å². The molecule has 1 saturated heterocycles. The predicted octanol–water partition coefficient (Wildman–Crippen LogP) is 3.21. The molecule has 1 aliphatic carbocycles. The third-order valence-electron chi connectivity index (χ3n) is 5.38. The maximum absolute atomic E-state index is 12.8. The number of aryl methyl sites for hydroxylation is 1. The SMILES string of the molecule is CC1CCN(C(=O)CC2CCCc3ccccc32)C(C(=O)O)C1. The fraction of sp³-hybridized carbons (Fsp3) is 0.579. The predicted molar refractivity (Wildman–Crippen MR) is 88.3 cm³/mol. The van der Waals surface area contributed by atoms with Crippen LogP contribution in [-0.2, 0) is 16.0 Å². The van der Waals surface area contributed by atoms with Crippen LogP contribution < -0.4 is 0 Å². The number of nitrogens with zero attached hydrogens (tertiary/aromatic N) is 1. The van der Waals surface area contributed by atoms with Crippen LogP contribution in [0.3, 0.4) is 0 Å². The van der Waals surface area contributed by atoms with Gasteiger partial charge < -0.3 is 10.0 Å². The number of hydrogen-bond acceptors (Lipinski definition) is 2. The van der Waals surface area contributed by atoms with Crippen LogP contribution in [-0.4, -0.2) is 34.5 Å². The van der Waals surface area contributed by atoms with Gasteiger partial charge in [0.1, 0.15) is 6.04 Å². The van der Waals surface area contributed by atoms with Gasteiger partial charge in [-0.05, 0) is 55.1 Å². The van der Waals surface area contributed by atoms with Crippen molar-refractivity contribution in [3.8, 4) is 0 Å². The van der Waals surface area contributed by atoms with E-state index in [0.29, 0.717) is 25.3 Å². The molecule has 23 heavy (non-hydrogen) atoms. The van der Waals surface area contributed by atoms with E-state index in [4.69, 9.17) is 0 Å². The zero-order chi connectivity index (χ0) is 16.4. The smallest absolute Gasteiger partial charge is 0.326 e. The number of likely N-dealkylation sites (tertiary alicyclic amines) is 1. The van der Waals surface area contributed by atoms with Crippen molar-refractivity contribution >= 4 is 11.9 Å². The van der Waals surface area contributed by atoms with Gasteiger partial charge in [-0.3, -0.25) is 4.79 Å². The molecule has 1 heterocycles. The number of piperidine rings is 1. The molecule has 0 saturated carbocycles. The summed E-state index contributed by atoms with van der Waals surface area (Å²) in [4.78, 5) is 25.9. The van der Waals surface area contributed by atoms with Crippen molar-refractivity contribution in [3.63, 3.8) is 0 Å². The van der Waals surface area contributed by atoms with Crippen molar-refractivity contribution < 1.29 is 14.7 Å². The first-order chi connectivity index (χ1) is 11.1. The number of aliphatic carboxylic acids is 1. The van der Waals surface area contributed by atoms with Crippen LogP contribution >= 0.6 is 0 Å². The molecule has 1 aromatic carbocycles. The Labute approximate surface area is 137 Å². The zero-order valence-corrected chi connectivity index (χ0v) is 13.7. The van der Waals surface area contributed by atoms with E-state index in [0.717, 1.165) is 25.7 Å². The third kappa shape index (κ3) is 3.41. The lowest BCUT2D eigenvalue weighted by Crippen LogP contribution is -2.50. The van der Waals surface area contributed by atoms with E-state index in [1.807, 2.05) is 6.07 Å². The number of carboxylic acids is 1. The Morgan fingerprint density at radius 2 is 2.04 bits per heavy atom. The van der Waals surface area contributed by atoms with Crippen molar-refractivity contribution in [2.75, 3.05) is 6.54 Å². The zero-order valence-electron chi connectivity index (χ0n) is 13.7. The lowest BCUT2D eigenvalue weighted by atomic mass is 9.80. The second kappa shape index (κ2) is 6.73. The molecule has 1 fully saturated rings. The average molecular weight is 315 g/mol. The minimum absolute atomic E-state index is 0.00556. The van der Waals surface area contributed by atoms with Gasteiger partial charge >= 0.3 is 5.97 Å². The molecule has 4 nitrogen and oxygen atoms in total. The number of rotatable bonds is 3. The highest BCUT2D eigenvalue weighted by Gasteiger charge is 2.35. The summed E-state index contributed by atoms with van der Waals surface area (Å²) in [6, 6.07) is 7.71. The van der Waals surface area contributed by atoms with Gasteiger partial charge in [-0.15, -0.1) is 0 Å². The molecule has 1 N–H and O–H groups in total. The highest BCUT2D eigenvalue weighted by Crippen LogP contribution is 2.35. The van der Waals surface area contributed by atoms with Gasteiger partial charge in [0.2, 0.25) is 5.91 Å². The van der Waals surface area contributed by atoms with Crippen molar-refractivity contribution in [1.82, 2.24) is 4.90 Å². The largest absolute Gasteiger partial charge is 0.480 e. The van der Waals surface area contributed by atoms with E-state index in [1.54, 1.807) is 4.90 Å². The number of benzene rings is 1. The Hall–Kier alpha value is -1.84. The summed E-state index contributed by atoms with van der Waals surface area (Å²) in [5, 5.41) is 9.45. The lowest BCUT2D eigenvalue weighted by molar-refractivity contribution is -0.153. The lowest BCUT2D eigenvalue weighted by Gasteiger charge is -2.37. The fourth-order valence-corrected chi connectivity index (χ4v) is 4.07. The number of amides is 1. The summed E-state index contributed by atoms with van der Waals surface area (Å²) in [5.41, 5.74) is 2.63. The maximum atomic E-state index is 12.8. The molecule has 3 rings (SSSR count). The minimum atomic E-state index is -0.867. The van der Waals surface area contributed by atoms with E-state index < -0.39 is 12.0 Å². The molecule has 0 spiro atoms. The topological polar surface area (TPSA) is 57.6 Å². The van der Waals surface area contributed by atoms with E-state index in [2.05, 4.69) is 25.1 Å². The first-order valence-electron chi connectivity index (χ1n) is 8.66. The Morgan fingerprint density at radius 3 is 2.83 bits per heavy atom. The van der Waals surface area contributed by atoms with Crippen molar-refractivity contribution in [2.45, 2.75) is 57.4 Å². The summed E-state index contributed by atoms with van der Waals surface area (Å²) in [7, 11) is 0. The molecule has 0 radical (unpaired) electrons. The van der Waals surface area contributed by atoms with Crippen molar-refractivity contribution in [3.05, 3.63) is 35.4 Å². The van der Waals surface area contributed by atoms with Crippen molar-refractivity contribution in [1.29, 1.82) is 0 Å². The van der Waals surface area contributed by atoms with Gasteiger partial charge in [-0.25, -0.2) is 4.79 Å². The molecule has 1 aromatic rings. The summed E-state index contributed by atoms with van der Waals surface area (Å²) < 4.78 is 0. The van der Waals surface area contributed by atoms with E-state index >= 15 is 0 Å². The number of hydrogen-bond donors (Lipinski definition) is 1. The Balaban J connectivity index is 1.73. The second-order valence-electron chi connectivity index (χ2n) is 7.06. The number of carbonyl (C=O) groups excluding carboxylic acids is 1. The molecule has 124 valence electrons. The normalized spacial score (nSPS) is 27.3. The van der Waals surface area contributed by atoms with Crippen LogP contribution in [0.1, 0.15) is 56.1 Å². The molecule has 3 unspecified atom stereocenters. The molecule has 2 aliphatic rings. The van der Waals surface area contributed by atoms with Crippen molar-refractivity contribution in [2.24, 2.45) is 5.92 Å². The summed E-state index contributed by atoms with van der Waals surface area (Å²) in [6.45, 7) is 2.64. The monoisotopic (exact) mass is 315 g/mol. The summed E-state index contributed by atoms with van der Waals surface area (Å²) in [6.07, 6.45) is 5.12. The molecule has 0 aromatic heterocycles. The van der Waals surface area contributed by atoms with Gasteiger partial charge in [0.25, 0.3) is 0 Å². The van der Waals surface area contributed by atoms with Crippen LogP contribution in [0.15, 0.2) is 24.3 Å².